The second-order valence-electron chi connectivity index (χ2n) is 8.61. The Hall–Kier alpha value is -1.90. The van der Waals surface area contributed by atoms with E-state index in [9.17, 15) is 9.59 Å². The number of aromatic nitrogens is 3. The average molecular weight is 474 g/mol. The quantitative estimate of drug-likeness (QED) is 0.255. The number of hydrogen-bond donors (Lipinski definition) is 0. The standard InChI is InChI=1S/C24H31N3O3S2/c1-14-12-19(16(3)26(14)10-11-30-5)20(28)13-31-24-25-22-21(15(2)17(4)32-22)23(29)27(24)18-8-6-7-9-18/h12,18H,6-11,13H2,1-5H3. The van der Waals surface area contributed by atoms with Gasteiger partial charge in [-0.25, -0.2) is 4.98 Å². The predicted molar refractivity (Wildman–Crippen MR) is 132 cm³/mol. The molecule has 1 fully saturated rings. The first-order chi connectivity index (χ1) is 15.3. The number of aryl methyl sites for hydroxylation is 3. The van der Waals surface area contributed by atoms with Gasteiger partial charge in [-0.1, -0.05) is 24.6 Å². The molecule has 1 saturated carbocycles. The normalized spacial score (nSPS) is 14.7. The van der Waals surface area contributed by atoms with Gasteiger partial charge in [-0.15, -0.1) is 11.3 Å². The van der Waals surface area contributed by atoms with E-state index in [1.165, 1.54) is 11.8 Å². The van der Waals surface area contributed by atoms with E-state index in [4.69, 9.17) is 9.72 Å². The van der Waals surface area contributed by atoms with Crippen LogP contribution in [-0.4, -0.2) is 39.4 Å². The smallest absolute Gasteiger partial charge is 0.263 e. The molecule has 0 aromatic carbocycles. The number of fused-ring (bicyclic) bond motifs is 1. The summed E-state index contributed by atoms with van der Waals surface area (Å²) in [5.41, 5.74) is 3.85. The zero-order chi connectivity index (χ0) is 23.0. The first-order valence-electron chi connectivity index (χ1n) is 11.2. The highest BCUT2D eigenvalue weighted by Gasteiger charge is 2.26. The zero-order valence-corrected chi connectivity index (χ0v) is 21.1. The number of carbonyl (C=O) groups excluding carboxylic acids is 1. The fourth-order valence-electron chi connectivity index (χ4n) is 4.69. The molecule has 3 aromatic rings. The molecular formula is C24H31N3O3S2. The van der Waals surface area contributed by atoms with E-state index < -0.39 is 0 Å². The van der Waals surface area contributed by atoms with Crippen LogP contribution in [0.25, 0.3) is 10.2 Å². The lowest BCUT2D eigenvalue weighted by atomic mass is 10.2. The van der Waals surface area contributed by atoms with Crippen LogP contribution < -0.4 is 5.56 Å². The summed E-state index contributed by atoms with van der Waals surface area (Å²) in [6, 6.07) is 2.14. The third-order valence-electron chi connectivity index (χ3n) is 6.62. The van der Waals surface area contributed by atoms with Crippen LogP contribution in [0.5, 0.6) is 0 Å². The van der Waals surface area contributed by atoms with Gasteiger partial charge < -0.3 is 9.30 Å². The highest BCUT2D eigenvalue weighted by molar-refractivity contribution is 7.99. The van der Waals surface area contributed by atoms with E-state index in [1.807, 2.05) is 38.3 Å². The summed E-state index contributed by atoms with van der Waals surface area (Å²) in [6.07, 6.45) is 4.26. The SMILES string of the molecule is COCCn1c(C)cc(C(=O)CSc2nc3sc(C)c(C)c3c(=O)n2C2CCCC2)c1C. The molecule has 0 spiro atoms. The molecule has 1 aliphatic rings. The Balaban J connectivity index is 1.65. The molecule has 0 atom stereocenters. The summed E-state index contributed by atoms with van der Waals surface area (Å²) in [6.45, 7) is 9.38. The predicted octanol–water partition coefficient (Wildman–Crippen LogP) is 5.23. The van der Waals surface area contributed by atoms with E-state index >= 15 is 0 Å². The van der Waals surface area contributed by atoms with Crippen LogP contribution in [-0.2, 0) is 11.3 Å². The first-order valence-corrected chi connectivity index (χ1v) is 13.0. The van der Waals surface area contributed by atoms with Crippen molar-refractivity contribution in [3.8, 4) is 0 Å². The van der Waals surface area contributed by atoms with Crippen molar-refractivity contribution >= 4 is 39.1 Å². The monoisotopic (exact) mass is 473 g/mol. The fourth-order valence-corrected chi connectivity index (χ4v) is 6.71. The summed E-state index contributed by atoms with van der Waals surface area (Å²) in [5, 5.41) is 1.42. The molecule has 6 nitrogen and oxygen atoms in total. The topological polar surface area (TPSA) is 66.1 Å². The van der Waals surface area contributed by atoms with Gasteiger partial charge >= 0.3 is 0 Å². The van der Waals surface area contributed by atoms with Gasteiger partial charge in [0.15, 0.2) is 10.9 Å². The Labute approximate surface area is 197 Å². The fraction of sp³-hybridized carbons (Fsp3) is 0.542. The van der Waals surface area contributed by atoms with E-state index in [2.05, 4.69) is 4.57 Å². The molecule has 3 aromatic heterocycles. The number of ketones is 1. The van der Waals surface area contributed by atoms with Gasteiger partial charge in [-0.3, -0.25) is 14.2 Å². The lowest BCUT2D eigenvalue weighted by Gasteiger charge is -2.18. The Bertz CT molecular complexity index is 1220. The molecular weight excluding hydrogens is 442 g/mol. The number of thiophene rings is 1. The van der Waals surface area contributed by atoms with Crippen LogP contribution >= 0.6 is 23.1 Å². The highest BCUT2D eigenvalue weighted by Crippen LogP contribution is 2.34. The second-order valence-corrected chi connectivity index (χ2v) is 10.8. The third-order valence-corrected chi connectivity index (χ3v) is 8.67. The third kappa shape index (κ3) is 4.20. The van der Waals surface area contributed by atoms with Gasteiger partial charge in [-0.2, -0.15) is 0 Å². The number of Topliss-reactive ketones (excluding diaryl/α,β-unsaturated/α-hetero) is 1. The van der Waals surface area contributed by atoms with E-state index in [-0.39, 0.29) is 23.1 Å². The first kappa shape index (κ1) is 23.3. The van der Waals surface area contributed by atoms with Crippen molar-refractivity contribution in [2.45, 2.75) is 71.1 Å². The molecule has 0 unspecified atom stereocenters. The number of ether oxygens (including phenoxy) is 1. The van der Waals surface area contributed by atoms with Crippen molar-refractivity contribution in [3.63, 3.8) is 0 Å². The van der Waals surface area contributed by atoms with Gasteiger partial charge in [0.2, 0.25) is 0 Å². The molecule has 8 heteroatoms. The molecule has 0 bridgehead atoms. The minimum Gasteiger partial charge on any atom is -0.383 e. The molecule has 0 amide bonds. The van der Waals surface area contributed by atoms with Crippen LogP contribution in [0.2, 0.25) is 0 Å². The van der Waals surface area contributed by atoms with Gasteiger partial charge in [0.25, 0.3) is 5.56 Å². The highest BCUT2D eigenvalue weighted by atomic mass is 32.2. The van der Waals surface area contributed by atoms with Crippen molar-refractivity contribution in [3.05, 3.63) is 43.8 Å². The Morgan fingerprint density at radius 1 is 1.25 bits per heavy atom. The molecule has 0 radical (unpaired) electrons. The van der Waals surface area contributed by atoms with Crippen molar-refractivity contribution in [1.82, 2.24) is 14.1 Å². The van der Waals surface area contributed by atoms with Crippen molar-refractivity contribution in [2.75, 3.05) is 19.5 Å². The maximum absolute atomic E-state index is 13.5. The lowest BCUT2D eigenvalue weighted by Crippen LogP contribution is -2.26. The van der Waals surface area contributed by atoms with Crippen LogP contribution in [0.15, 0.2) is 16.0 Å². The molecule has 0 saturated heterocycles. The largest absolute Gasteiger partial charge is 0.383 e. The second kappa shape index (κ2) is 9.53. The van der Waals surface area contributed by atoms with Crippen LogP contribution in [0.1, 0.15) is 63.9 Å². The molecule has 0 aliphatic heterocycles. The van der Waals surface area contributed by atoms with E-state index in [1.54, 1.807) is 18.4 Å². The molecule has 3 heterocycles. The molecule has 172 valence electrons. The maximum atomic E-state index is 13.5. The van der Waals surface area contributed by atoms with Gasteiger partial charge in [0.1, 0.15) is 4.83 Å². The summed E-state index contributed by atoms with van der Waals surface area (Å²) < 4.78 is 9.21. The summed E-state index contributed by atoms with van der Waals surface area (Å²) >= 11 is 2.96. The number of methoxy groups -OCH3 is 1. The molecule has 0 N–H and O–H groups in total. The summed E-state index contributed by atoms with van der Waals surface area (Å²) in [7, 11) is 1.68. The number of nitrogens with zero attached hydrogens (tertiary/aromatic N) is 3. The Morgan fingerprint density at radius 3 is 2.66 bits per heavy atom. The van der Waals surface area contributed by atoms with Gasteiger partial charge in [0, 0.05) is 41.5 Å². The molecule has 32 heavy (non-hydrogen) atoms. The van der Waals surface area contributed by atoms with Crippen LogP contribution in [0, 0.1) is 27.7 Å². The minimum atomic E-state index is 0.0523. The van der Waals surface area contributed by atoms with Gasteiger partial charge in [-0.05, 0) is 52.2 Å². The van der Waals surface area contributed by atoms with Crippen molar-refractivity contribution in [2.24, 2.45) is 0 Å². The summed E-state index contributed by atoms with van der Waals surface area (Å²) in [5.74, 6) is 0.334. The van der Waals surface area contributed by atoms with Crippen molar-refractivity contribution < 1.29 is 9.53 Å². The van der Waals surface area contributed by atoms with Crippen LogP contribution in [0.4, 0.5) is 0 Å². The average Bonchev–Trinajstić information content (AvgIpc) is 3.45. The molecule has 4 rings (SSSR count). The Kier molecular flexibility index (Phi) is 6.93. The number of hydrogen-bond acceptors (Lipinski definition) is 6. The van der Waals surface area contributed by atoms with Gasteiger partial charge in [0.05, 0.1) is 17.7 Å². The van der Waals surface area contributed by atoms with Crippen molar-refractivity contribution in [1.29, 1.82) is 0 Å². The van der Waals surface area contributed by atoms with E-state index in [0.29, 0.717) is 11.8 Å². The number of carbonyl (C=O) groups is 1. The zero-order valence-electron chi connectivity index (χ0n) is 19.5. The summed E-state index contributed by atoms with van der Waals surface area (Å²) in [4.78, 5) is 33.4. The number of thioether (sulfide) groups is 1. The van der Waals surface area contributed by atoms with E-state index in [0.717, 1.165) is 69.8 Å². The van der Waals surface area contributed by atoms with Crippen LogP contribution in [0.3, 0.4) is 0 Å². The number of rotatable bonds is 8. The molecule has 1 aliphatic carbocycles. The minimum absolute atomic E-state index is 0.0523. The maximum Gasteiger partial charge on any atom is 0.263 e. The lowest BCUT2D eigenvalue weighted by molar-refractivity contribution is 0.102. The Morgan fingerprint density at radius 2 is 1.97 bits per heavy atom.